The molecule has 4 nitrogen and oxygen atoms in total. The Labute approximate surface area is 123 Å². The molecule has 6 heteroatoms. The molecule has 2 unspecified atom stereocenters. The van der Waals surface area contributed by atoms with Crippen molar-refractivity contribution in [2.24, 2.45) is 11.7 Å². The summed E-state index contributed by atoms with van der Waals surface area (Å²) in [6, 6.07) is 0.717. The van der Waals surface area contributed by atoms with Gasteiger partial charge in [-0.3, -0.25) is 9.80 Å². The summed E-state index contributed by atoms with van der Waals surface area (Å²) in [5.41, 5.74) is 5.74. The van der Waals surface area contributed by atoms with Gasteiger partial charge in [0, 0.05) is 38.8 Å². The van der Waals surface area contributed by atoms with Crippen LogP contribution in [0.1, 0.15) is 13.3 Å². The molecule has 0 aromatic heterocycles. The monoisotopic (exact) mass is 299 g/mol. The molecule has 2 heterocycles. The van der Waals surface area contributed by atoms with Crippen LogP contribution in [0, 0.1) is 5.92 Å². The smallest absolute Gasteiger partial charge is 0.0594 e. The second kappa shape index (κ2) is 9.34. The van der Waals surface area contributed by atoms with Crippen LogP contribution in [0.25, 0.3) is 0 Å². The fourth-order valence-electron chi connectivity index (χ4n) is 2.79. The highest BCUT2D eigenvalue weighted by Crippen LogP contribution is 2.21. The minimum absolute atomic E-state index is 0. The second-order valence-corrected chi connectivity index (χ2v) is 5.14. The molecule has 18 heavy (non-hydrogen) atoms. The van der Waals surface area contributed by atoms with E-state index in [0.29, 0.717) is 0 Å². The van der Waals surface area contributed by atoms with E-state index >= 15 is 0 Å². The number of rotatable bonds is 4. The first kappa shape index (κ1) is 18.4. The third-order valence-corrected chi connectivity index (χ3v) is 3.93. The van der Waals surface area contributed by atoms with Crippen molar-refractivity contribution in [3.63, 3.8) is 0 Å². The van der Waals surface area contributed by atoms with Gasteiger partial charge in [0.15, 0.2) is 0 Å². The Hall–Kier alpha value is 0.420. The topological polar surface area (TPSA) is 41.7 Å². The average Bonchev–Trinajstić information content (AvgIpc) is 2.69. The maximum Gasteiger partial charge on any atom is 0.0594 e. The molecule has 0 saturated carbocycles. The van der Waals surface area contributed by atoms with Crippen LogP contribution >= 0.6 is 24.8 Å². The van der Waals surface area contributed by atoms with Crippen molar-refractivity contribution < 1.29 is 4.74 Å². The maximum atomic E-state index is 5.74. The summed E-state index contributed by atoms with van der Waals surface area (Å²) < 4.78 is 5.36. The summed E-state index contributed by atoms with van der Waals surface area (Å²) >= 11 is 0. The SMILES string of the molecule is CC1CC(CN)CN1CCN1CCOCC1.Cl.Cl. The van der Waals surface area contributed by atoms with Gasteiger partial charge in [-0.1, -0.05) is 0 Å². The Morgan fingerprint density at radius 3 is 2.39 bits per heavy atom. The van der Waals surface area contributed by atoms with Crippen LogP contribution in [-0.4, -0.2) is 68.3 Å². The Bertz CT molecular complexity index is 215. The molecule has 2 N–H and O–H groups in total. The number of nitrogens with two attached hydrogens (primary N) is 1. The Morgan fingerprint density at radius 2 is 1.83 bits per heavy atom. The molecule has 0 aromatic carbocycles. The Balaban J connectivity index is 0.00000144. The predicted molar refractivity (Wildman–Crippen MR) is 80.0 cm³/mol. The minimum atomic E-state index is 0. The third kappa shape index (κ3) is 5.19. The quantitative estimate of drug-likeness (QED) is 0.835. The van der Waals surface area contributed by atoms with Crippen molar-refractivity contribution in [1.82, 2.24) is 9.80 Å². The number of hydrogen-bond acceptors (Lipinski definition) is 4. The molecule has 2 fully saturated rings. The first-order valence-corrected chi connectivity index (χ1v) is 6.54. The molecule has 0 aromatic rings. The van der Waals surface area contributed by atoms with E-state index in [4.69, 9.17) is 10.5 Å². The molecule has 0 spiro atoms. The van der Waals surface area contributed by atoms with Gasteiger partial charge in [0.2, 0.25) is 0 Å². The van der Waals surface area contributed by atoms with E-state index in [1.807, 2.05) is 0 Å². The first-order valence-electron chi connectivity index (χ1n) is 6.54. The van der Waals surface area contributed by atoms with E-state index in [1.54, 1.807) is 0 Å². The van der Waals surface area contributed by atoms with Gasteiger partial charge < -0.3 is 10.5 Å². The van der Waals surface area contributed by atoms with Gasteiger partial charge in [-0.25, -0.2) is 0 Å². The molecule has 0 amide bonds. The number of nitrogens with zero attached hydrogens (tertiary/aromatic N) is 2. The van der Waals surface area contributed by atoms with Crippen LogP contribution in [0.2, 0.25) is 0 Å². The van der Waals surface area contributed by atoms with Crippen LogP contribution in [0.4, 0.5) is 0 Å². The lowest BCUT2D eigenvalue weighted by atomic mass is 10.1. The summed E-state index contributed by atoms with van der Waals surface area (Å²) in [7, 11) is 0. The van der Waals surface area contributed by atoms with Gasteiger partial charge in [0.25, 0.3) is 0 Å². The van der Waals surface area contributed by atoms with Crippen molar-refractivity contribution in [2.45, 2.75) is 19.4 Å². The van der Waals surface area contributed by atoms with E-state index < -0.39 is 0 Å². The summed E-state index contributed by atoms with van der Waals surface area (Å²) in [4.78, 5) is 5.10. The van der Waals surface area contributed by atoms with Crippen LogP contribution in [0.3, 0.4) is 0 Å². The molecule has 2 rings (SSSR count). The normalized spacial score (nSPS) is 29.7. The first-order chi connectivity index (χ1) is 7.79. The highest BCUT2D eigenvalue weighted by Gasteiger charge is 2.27. The lowest BCUT2D eigenvalue weighted by Crippen LogP contribution is -2.42. The van der Waals surface area contributed by atoms with E-state index in [9.17, 15) is 0 Å². The summed E-state index contributed by atoms with van der Waals surface area (Å²) in [6.45, 7) is 10.8. The standard InChI is InChI=1S/C12H25N3O.2ClH/c1-11-8-12(9-13)10-15(11)3-2-14-4-6-16-7-5-14;;/h11-12H,2-10,13H2,1H3;2*1H. The van der Waals surface area contributed by atoms with Crippen molar-refractivity contribution in [3.8, 4) is 0 Å². The van der Waals surface area contributed by atoms with Crippen LogP contribution in [0.15, 0.2) is 0 Å². The number of hydrogen-bond donors (Lipinski definition) is 1. The fourth-order valence-corrected chi connectivity index (χ4v) is 2.79. The van der Waals surface area contributed by atoms with Gasteiger partial charge in [0.1, 0.15) is 0 Å². The zero-order chi connectivity index (χ0) is 11.4. The zero-order valence-electron chi connectivity index (χ0n) is 11.2. The summed E-state index contributed by atoms with van der Waals surface area (Å²) in [5, 5.41) is 0. The van der Waals surface area contributed by atoms with Gasteiger partial charge >= 0.3 is 0 Å². The van der Waals surface area contributed by atoms with E-state index in [2.05, 4.69) is 16.7 Å². The minimum Gasteiger partial charge on any atom is -0.379 e. The maximum absolute atomic E-state index is 5.74. The largest absolute Gasteiger partial charge is 0.379 e. The van der Waals surface area contributed by atoms with E-state index in [1.165, 1.54) is 26.1 Å². The van der Waals surface area contributed by atoms with Gasteiger partial charge in [-0.15, -0.1) is 24.8 Å². The molecule has 0 aliphatic carbocycles. The van der Waals surface area contributed by atoms with Crippen molar-refractivity contribution in [1.29, 1.82) is 0 Å². The Morgan fingerprint density at radius 1 is 1.17 bits per heavy atom. The summed E-state index contributed by atoms with van der Waals surface area (Å²) in [5.74, 6) is 0.722. The number of ether oxygens (including phenoxy) is 1. The molecule has 0 radical (unpaired) electrons. The molecule has 2 saturated heterocycles. The molecule has 0 bridgehead atoms. The Kier molecular flexibility index (Phi) is 9.56. The molecular formula is C12H27Cl2N3O. The molecule has 2 aliphatic heterocycles. The number of halogens is 2. The molecular weight excluding hydrogens is 273 g/mol. The average molecular weight is 300 g/mol. The second-order valence-electron chi connectivity index (χ2n) is 5.14. The van der Waals surface area contributed by atoms with Gasteiger partial charge in [-0.2, -0.15) is 0 Å². The van der Waals surface area contributed by atoms with Gasteiger partial charge in [0.05, 0.1) is 13.2 Å². The van der Waals surface area contributed by atoms with Crippen LogP contribution < -0.4 is 5.73 Å². The lowest BCUT2D eigenvalue weighted by Gasteiger charge is -2.29. The van der Waals surface area contributed by atoms with Crippen LogP contribution in [0.5, 0.6) is 0 Å². The molecule has 2 atom stereocenters. The fraction of sp³-hybridized carbons (Fsp3) is 1.00. The van der Waals surface area contributed by atoms with E-state index in [0.717, 1.165) is 44.8 Å². The van der Waals surface area contributed by atoms with Crippen molar-refractivity contribution >= 4 is 24.8 Å². The van der Waals surface area contributed by atoms with Crippen molar-refractivity contribution in [2.75, 3.05) is 52.5 Å². The number of morpholine rings is 1. The number of likely N-dealkylation sites (tertiary alicyclic amines) is 1. The third-order valence-electron chi connectivity index (χ3n) is 3.93. The highest BCUT2D eigenvalue weighted by molar-refractivity contribution is 5.85. The van der Waals surface area contributed by atoms with Crippen LogP contribution in [-0.2, 0) is 4.74 Å². The molecule has 2 aliphatic rings. The van der Waals surface area contributed by atoms with Crippen molar-refractivity contribution in [3.05, 3.63) is 0 Å². The summed E-state index contributed by atoms with van der Waals surface area (Å²) in [6.07, 6.45) is 1.28. The van der Waals surface area contributed by atoms with Gasteiger partial charge in [-0.05, 0) is 25.8 Å². The lowest BCUT2D eigenvalue weighted by molar-refractivity contribution is 0.0329. The van der Waals surface area contributed by atoms with E-state index in [-0.39, 0.29) is 24.8 Å². The molecule has 110 valence electrons. The highest BCUT2D eigenvalue weighted by atomic mass is 35.5. The predicted octanol–water partition coefficient (Wildman–Crippen LogP) is 0.831. The zero-order valence-corrected chi connectivity index (χ0v) is 12.8.